The number of phenolic OH excluding ortho intramolecular Hbond substituents is 1. The molecular weight excluding hydrogens is 392 g/mol. The normalized spacial score (nSPS) is 16.8. The zero-order chi connectivity index (χ0) is 21.8. The van der Waals surface area contributed by atoms with Crippen molar-refractivity contribution in [2.75, 3.05) is 6.54 Å². The molecule has 2 N–H and O–H groups in total. The first kappa shape index (κ1) is 20.9. The van der Waals surface area contributed by atoms with Crippen LogP contribution in [0.15, 0.2) is 66.7 Å². The van der Waals surface area contributed by atoms with Crippen molar-refractivity contribution in [2.45, 2.75) is 38.5 Å². The third-order valence-corrected chi connectivity index (χ3v) is 5.60. The smallest absolute Gasteiger partial charge is 0.257 e. The molecule has 1 amide bonds. The highest BCUT2D eigenvalue weighted by atomic mass is 16.5. The minimum atomic E-state index is -0.997. The van der Waals surface area contributed by atoms with E-state index in [-0.39, 0.29) is 17.2 Å². The van der Waals surface area contributed by atoms with Gasteiger partial charge in [0, 0.05) is 12.2 Å². The minimum Gasteiger partial charge on any atom is -0.507 e. The molecule has 0 aliphatic carbocycles. The second-order valence-corrected chi connectivity index (χ2v) is 7.78. The number of carbonyl (C=O) groups excluding carboxylic acids is 1. The van der Waals surface area contributed by atoms with Crippen LogP contribution in [0.2, 0.25) is 0 Å². The Bertz CT molecular complexity index is 1050. The molecule has 0 radical (unpaired) electrons. The number of hydrogen-bond donors (Lipinski definition) is 2. The summed E-state index contributed by atoms with van der Waals surface area (Å²) in [6.45, 7) is 2.73. The lowest BCUT2D eigenvalue weighted by atomic mass is 10.0. The maximum atomic E-state index is 13.1. The van der Waals surface area contributed by atoms with Crippen molar-refractivity contribution < 1.29 is 19.7 Å². The van der Waals surface area contributed by atoms with Crippen LogP contribution in [0.25, 0.3) is 0 Å². The number of nitrogens with zero attached hydrogens (tertiary/aromatic N) is 2. The molecule has 2 aromatic carbocycles. The lowest BCUT2D eigenvalue weighted by Gasteiger charge is -2.29. The van der Waals surface area contributed by atoms with Crippen molar-refractivity contribution in [2.24, 2.45) is 0 Å². The van der Waals surface area contributed by atoms with Crippen molar-refractivity contribution in [3.05, 3.63) is 89.2 Å². The lowest BCUT2D eigenvalue weighted by molar-refractivity contribution is 0.0459. The zero-order valence-electron chi connectivity index (χ0n) is 17.4. The van der Waals surface area contributed by atoms with Crippen LogP contribution < -0.4 is 4.74 Å². The van der Waals surface area contributed by atoms with E-state index in [4.69, 9.17) is 4.74 Å². The maximum absolute atomic E-state index is 13.1. The fourth-order valence-electron chi connectivity index (χ4n) is 4.00. The molecule has 1 saturated heterocycles. The van der Waals surface area contributed by atoms with Gasteiger partial charge in [-0.2, -0.15) is 0 Å². The summed E-state index contributed by atoms with van der Waals surface area (Å²) in [7, 11) is 0. The summed E-state index contributed by atoms with van der Waals surface area (Å²) < 4.78 is 5.99. The van der Waals surface area contributed by atoms with Crippen LogP contribution in [0, 0.1) is 6.92 Å². The van der Waals surface area contributed by atoms with Crippen molar-refractivity contribution in [3.63, 3.8) is 0 Å². The summed E-state index contributed by atoms with van der Waals surface area (Å²) in [6.07, 6.45) is 0.421. The van der Waals surface area contributed by atoms with E-state index >= 15 is 0 Å². The first-order valence-corrected chi connectivity index (χ1v) is 10.5. The van der Waals surface area contributed by atoms with E-state index in [1.165, 1.54) is 6.07 Å². The van der Waals surface area contributed by atoms with Crippen molar-refractivity contribution in [3.8, 4) is 11.5 Å². The van der Waals surface area contributed by atoms with Gasteiger partial charge in [0.2, 0.25) is 0 Å². The SMILES string of the molecule is Cc1ccc(OCc2ccccc2)c(C(O)C2CCCN2C(=O)c2ccccc2O)n1. The molecular formula is C25H26N2O4. The highest BCUT2D eigenvalue weighted by Crippen LogP contribution is 2.35. The predicted molar refractivity (Wildman–Crippen MR) is 117 cm³/mol. The number of aromatic hydroxyl groups is 1. The Morgan fingerprint density at radius 1 is 1.13 bits per heavy atom. The van der Waals surface area contributed by atoms with Crippen LogP contribution in [-0.4, -0.2) is 38.6 Å². The summed E-state index contributed by atoms with van der Waals surface area (Å²) in [5, 5.41) is 21.4. The van der Waals surface area contributed by atoms with Gasteiger partial charge < -0.3 is 19.8 Å². The zero-order valence-corrected chi connectivity index (χ0v) is 17.4. The van der Waals surface area contributed by atoms with E-state index in [1.807, 2.05) is 49.4 Å². The standard InChI is InChI=1S/C25H26N2O4/c1-17-13-14-22(31-16-18-8-3-2-4-9-18)23(26-17)24(29)20-11-7-15-27(20)25(30)19-10-5-6-12-21(19)28/h2-6,8-10,12-14,20,24,28-29H,7,11,15-16H2,1H3. The second-order valence-electron chi connectivity index (χ2n) is 7.78. The molecule has 1 aromatic heterocycles. The Balaban J connectivity index is 1.58. The number of aliphatic hydroxyl groups is 1. The Morgan fingerprint density at radius 2 is 1.87 bits per heavy atom. The average Bonchev–Trinajstić information content (AvgIpc) is 3.28. The Labute approximate surface area is 181 Å². The molecule has 1 aliphatic rings. The largest absolute Gasteiger partial charge is 0.507 e. The molecule has 2 atom stereocenters. The van der Waals surface area contributed by atoms with Gasteiger partial charge in [0.25, 0.3) is 5.91 Å². The van der Waals surface area contributed by atoms with Gasteiger partial charge in [0.05, 0.1) is 11.6 Å². The summed E-state index contributed by atoms with van der Waals surface area (Å²) >= 11 is 0. The van der Waals surface area contributed by atoms with Gasteiger partial charge in [-0.25, -0.2) is 0 Å². The molecule has 6 heteroatoms. The number of para-hydroxylation sites is 1. The van der Waals surface area contributed by atoms with Gasteiger partial charge >= 0.3 is 0 Å². The van der Waals surface area contributed by atoms with Gasteiger partial charge in [0.15, 0.2) is 0 Å². The van der Waals surface area contributed by atoms with Crippen LogP contribution >= 0.6 is 0 Å². The Hall–Kier alpha value is -3.38. The Kier molecular flexibility index (Phi) is 6.18. The monoisotopic (exact) mass is 418 g/mol. The number of amides is 1. The van der Waals surface area contributed by atoms with Crippen molar-refractivity contribution in [1.82, 2.24) is 9.88 Å². The van der Waals surface area contributed by atoms with E-state index in [2.05, 4.69) is 4.98 Å². The van der Waals surface area contributed by atoms with Gasteiger partial charge in [-0.3, -0.25) is 9.78 Å². The molecule has 1 aliphatic heterocycles. The summed E-state index contributed by atoms with van der Waals surface area (Å²) in [6, 6.07) is 19.5. The number of ether oxygens (including phenoxy) is 1. The van der Waals surface area contributed by atoms with Crippen LogP contribution in [0.3, 0.4) is 0 Å². The summed E-state index contributed by atoms with van der Waals surface area (Å²) in [5.41, 5.74) is 2.44. The van der Waals surface area contributed by atoms with E-state index in [0.717, 1.165) is 17.7 Å². The first-order chi connectivity index (χ1) is 15.0. The van der Waals surface area contributed by atoms with Gasteiger partial charge in [0.1, 0.15) is 29.9 Å². The number of aryl methyl sites for hydroxylation is 1. The van der Waals surface area contributed by atoms with Crippen LogP contribution in [-0.2, 0) is 6.61 Å². The molecule has 0 bridgehead atoms. The topological polar surface area (TPSA) is 82.9 Å². The number of pyridine rings is 1. The minimum absolute atomic E-state index is 0.0618. The van der Waals surface area contributed by atoms with Crippen LogP contribution in [0.1, 0.15) is 46.3 Å². The fourth-order valence-corrected chi connectivity index (χ4v) is 4.00. The Morgan fingerprint density at radius 3 is 2.65 bits per heavy atom. The molecule has 2 heterocycles. The number of carbonyl (C=O) groups is 1. The molecule has 6 nitrogen and oxygen atoms in total. The second kappa shape index (κ2) is 9.18. The molecule has 0 saturated carbocycles. The van der Waals surface area contributed by atoms with Gasteiger partial charge in [-0.05, 0) is 49.6 Å². The molecule has 3 aromatic rings. The molecule has 160 valence electrons. The van der Waals surface area contributed by atoms with Crippen LogP contribution in [0.4, 0.5) is 0 Å². The number of rotatable bonds is 6. The fraction of sp³-hybridized carbons (Fsp3) is 0.280. The number of aromatic nitrogens is 1. The highest BCUT2D eigenvalue weighted by Gasteiger charge is 2.37. The quantitative estimate of drug-likeness (QED) is 0.632. The summed E-state index contributed by atoms with van der Waals surface area (Å²) in [4.78, 5) is 19.3. The molecule has 2 unspecified atom stereocenters. The van der Waals surface area contributed by atoms with Gasteiger partial charge in [-0.15, -0.1) is 0 Å². The number of hydrogen-bond acceptors (Lipinski definition) is 5. The van der Waals surface area contributed by atoms with Crippen molar-refractivity contribution in [1.29, 1.82) is 0 Å². The molecule has 31 heavy (non-hydrogen) atoms. The van der Waals surface area contributed by atoms with E-state index in [0.29, 0.717) is 31.0 Å². The number of benzene rings is 2. The van der Waals surface area contributed by atoms with E-state index < -0.39 is 12.1 Å². The number of likely N-dealkylation sites (tertiary alicyclic amines) is 1. The van der Waals surface area contributed by atoms with E-state index in [1.54, 1.807) is 23.1 Å². The molecule has 0 spiro atoms. The number of phenols is 1. The molecule has 4 rings (SSSR count). The van der Waals surface area contributed by atoms with E-state index in [9.17, 15) is 15.0 Å². The third kappa shape index (κ3) is 4.54. The highest BCUT2D eigenvalue weighted by molar-refractivity contribution is 5.97. The molecule has 1 fully saturated rings. The number of aliphatic hydroxyl groups excluding tert-OH is 1. The van der Waals surface area contributed by atoms with Crippen LogP contribution in [0.5, 0.6) is 11.5 Å². The lowest BCUT2D eigenvalue weighted by Crippen LogP contribution is -2.39. The third-order valence-electron chi connectivity index (χ3n) is 5.60. The van der Waals surface area contributed by atoms with Crippen molar-refractivity contribution >= 4 is 5.91 Å². The maximum Gasteiger partial charge on any atom is 0.257 e. The summed E-state index contributed by atoms with van der Waals surface area (Å²) in [5.74, 6) is 0.149. The average molecular weight is 418 g/mol. The predicted octanol–water partition coefficient (Wildman–Crippen LogP) is 4.01. The first-order valence-electron chi connectivity index (χ1n) is 10.5. The van der Waals surface area contributed by atoms with Gasteiger partial charge in [-0.1, -0.05) is 42.5 Å².